The van der Waals surface area contributed by atoms with E-state index >= 15 is 0 Å². The average molecular weight is 426 g/mol. The van der Waals surface area contributed by atoms with Crippen molar-refractivity contribution < 1.29 is 36.2 Å². The number of hydrogen-bond donors (Lipinski definition) is 1. The van der Waals surface area contributed by atoms with Crippen LogP contribution in [0.25, 0.3) is 0 Å². The summed E-state index contributed by atoms with van der Waals surface area (Å²) in [6.07, 6.45) is -1.25. The number of ketones is 1. The molecule has 0 saturated heterocycles. The lowest BCUT2D eigenvalue weighted by Crippen LogP contribution is -2.65. The number of benzene rings is 2. The van der Waals surface area contributed by atoms with Gasteiger partial charge in [-0.3, -0.25) is 4.79 Å². The quantitative estimate of drug-likeness (QED) is 0.816. The SMILES string of the molecule is O=C1CC[C@@]2(S(=O)(=O)c3ccc(CF)cc3)c3c(F)ccc(F)c3OC[C@@]2(O)C1. The molecule has 1 aliphatic carbocycles. The Morgan fingerprint density at radius 3 is 2.38 bits per heavy atom. The summed E-state index contributed by atoms with van der Waals surface area (Å²) in [6.45, 7) is -1.49. The van der Waals surface area contributed by atoms with Crippen LogP contribution >= 0.6 is 0 Å². The standard InChI is InChI=1S/C20H17F3O5S/c21-10-12-1-3-14(4-2-12)29(26,27)20-8-7-13(24)9-19(20,25)11-28-18-16(23)6-5-15(22)17(18)20/h1-6,25H,7-11H2/t19-,20+/m0/s1. The molecule has 0 amide bonds. The molecule has 2 aromatic rings. The third kappa shape index (κ3) is 2.63. The van der Waals surface area contributed by atoms with Gasteiger partial charge in [0.2, 0.25) is 0 Å². The molecule has 1 heterocycles. The second kappa shape index (κ2) is 6.56. The molecule has 154 valence electrons. The molecule has 2 atom stereocenters. The smallest absolute Gasteiger partial charge is 0.191 e. The van der Waals surface area contributed by atoms with E-state index in [0.29, 0.717) is 0 Å². The van der Waals surface area contributed by atoms with Gasteiger partial charge in [-0.1, -0.05) is 12.1 Å². The second-order valence-electron chi connectivity index (χ2n) is 7.38. The highest BCUT2D eigenvalue weighted by Gasteiger charge is 2.67. The lowest BCUT2D eigenvalue weighted by atomic mass is 9.69. The molecule has 0 unspecified atom stereocenters. The number of aliphatic hydroxyl groups is 1. The summed E-state index contributed by atoms with van der Waals surface area (Å²) in [7, 11) is -4.55. The minimum atomic E-state index is -4.55. The van der Waals surface area contributed by atoms with E-state index in [9.17, 15) is 31.5 Å². The topological polar surface area (TPSA) is 80.7 Å². The van der Waals surface area contributed by atoms with Crippen LogP contribution < -0.4 is 4.74 Å². The highest BCUT2D eigenvalue weighted by molar-refractivity contribution is 7.92. The van der Waals surface area contributed by atoms with Gasteiger partial charge in [-0.15, -0.1) is 0 Å². The van der Waals surface area contributed by atoms with Gasteiger partial charge in [0.15, 0.2) is 21.4 Å². The summed E-state index contributed by atoms with van der Waals surface area (Å²) in [4.78, 5) is 11.8. The number of carbonyl (C=O) groups excluding carboxylic acids is 1. The molecule has 0 aromatic heterocycles. The molecule has 5 nitrogen and oxygen atoms in total. The lowest BCUT2D eigenvalue weighted by molar-refractivity contribution is -0.137. The van der Waals surface area contributed by atoms with Crippen molar-refractivity contribution in [2.45, 2.75) is 41.2 Å². The van der Waals surface area contributed by atoms with Crippen LogP contribution in [0.4, 0.5) is 13.2 Å². The van der Waals surface area contributed by atoms with Crippen LogP contribution in [0.2, 0.25) is 0 Å². The molecule has 29 heavy (non-hydrogen) atoms. The Labute approximate surface area is 165 Å². The number of sulfone groups is 1. The first-order chi connectivity index (χ1) is 13.7. The van der Waals surface area contributed by atoms with Crippen molar-refractivity contribution in [3.05, 3.63) is 59.2 Å². The zero-order valence-corrected chi connectivity index (χ0v) is 15.9. The maximum atomic E-state index is 14.9. The number of alkyl halides is 1. The first-order valence-electron chi connectivity index (χ1n) is 8.91. The molecule has 1 saturated carbocycles. The number of halogens is 3. The van der Waals surface area contributed by atoms with E-state index in [1.807, 2.05) is 0 Å². The van der Waals surface area contributed by atoms with E-state index < -0.39 is 75.0 Å². The fraction of sp³-hybridized carbons (Fsp3) is 0.350. The lowest BCUT2D eigenvalue weighted by Gasteiger charge is -2.51. The zero-order chi connectivity index (χ0) is 21.0. The van der Waals surface area contributed by atoms with Crippen molar-refractivity contribution in [2.75, 3.05) is 6.61 Å². The van der Waals surface area contributed by atoms with Crippen LogP contribution in [0.5, 0.6) is 5.75 Å². The van der Waals surface area contributed by atoms with Crippen molar-refractivity contribution in [3.63, 3.8) is 0 Å². The number of carbonyl (C=O) groups is 1. The fourth-order valence-corrected chi connectivity index (χ4v) is 6.71. The van der Waals surface area contributed by atoms with Gasteiger partial charge in [-0.2, -0.15) is 0 Å². The number of fused-ring (bicyclic) bond motifs is 3. The average Bonchev–Trinajstić information content (AvgIpc) is 2.69. The van der Waals surface area contributed by atoms with E-state index in [1.54, 1.807) is 0 Å². The van der Waals surface area contributed by atoms with Gasteiger partial charge in [0, 0.05) is 12.8 Å². The Morgan fingerprint density at radius 2 is 1.72 bits per heavy atom. The Balaban J connectivity index is 2.05. The predicted octanol–water partition coefficient (Wildman–Crippen LogP) is 2.98. The Bertz CT molecular complexity index is 1100. The molecular formula is C20H17F3O5S. The maximum Gasteiger partial charge on any atom is 0.191 e. The second-order valence-corrected chi connectivity index (χ2v) is 9.55. The highest BCUT2D eigenvalue weighted by atomic mass is 32.2. The van der Waals surface area contributed by atoms with Crippen LogP contribution in [0.1, 0.15) is 30.4 Å². The van der Waals surface area contributed by atoms with Gasteiger partial charge in [-0.05, 0) is 36.2 Å². The molecule has 0 radical (unpaired) electrons. The predicted molar refractivity (Wildman–Crippen MR) is 95.8 cm³/mol. The third-order valence-corrected chi connectivity index (χ3v) is 8.36. The summed E-state index contributed by atoms with van der Waals surface area (Å²) < 4.78 is 72.6. The van der Waals surface area contributed by atoms with E-state index in [0.717, 1.165) is 24.3 Å². The first-order valence-corrected chi connectivity index (χ1v) is 10.4. The molecular weight excluding hydrogens is 409 g/mol. The molecule has 1 aliphatic heterocycles. The molecule has 2 aliphatic rings. The largest absolute Gasteiger partial charge is 0.487 e. The van der Waals surface area contributed by atoms with Crippen LogP contribution in [-0.2, 0) is 26.1 Å². The monoisotopic (exact) mass is 426 g/mol. The van der Waals surface area contributed by atoms with Crippen LogP contribution in [0.3, 0.4) is 0 Å². The van der Waals surface area contributed by atoms with Gasteiger partial charge in [0.25, 0.3) is 0 Å². The van der Waals surface area contributed by atoms with E-state index in [-0.39, 0.29) is 16.9 Å². The van der Waals surface area contributed by atoms with Gasteiger partial charge < -0.3 is 9.84 Å². The number of rotatable bonds is 3. The minimum absolute atomic E-state index is 0.236. The summed E-state index contributed by atoms with van der Waals surface area (Å²) in [5.41, 5.74) is -2.67. The maximum absolute atomic E-state index is 14.9. The molecule has 2 aromatic carbocycles. The van der Waals surface area contributed by atoms with Crippen LogP contribution in [-0.4, -0.2) is 31.5 Å². The van der Waals surface area contributed by atoms with Gasteiger partial charge in [-0.25, -0.2) is 21.6 Å². The van der Waals surface area contributed by atoms with Crippen molar-refractivity contribution in [3.8, 4) is 5.75 Å². The summed E-state index contributed by atoms with van der Waals surface area (Å²) in [5.74, 6) is -3.02. The van der Waals surface area contributed by atoms with Crippen LogP contribution in [0, 0.1) is 11.6 Å². The van der Waals surface area contributed by atoms with E-state index in [1.165, 1.54) is 12.1 Å². The van der Waals surface area contributed by atoms with Gasteiger partial charge in [0.05, 0.1) is 10.5 Å². The molecule has 4 rings (SSSR count). The Morgan fingerprint density at radius 1 is 1.07 bits per heavy atom. The first kappa shape index (κ1) is 19.9. The van der Waals surface area contributed by atoms with Gasteiger partial charge in [0.1, 0.15) is 35.2 Å². The Hall–Kier alpha value is -2.39. The number of hydrogen-bond acceptors (Lipinski definition) is 5. The molecule has 9 heteroatoms. The number of Topliss-reactive ketones (excluding diaryl/α,β-unsaturated/α-hetero) is 1. The number of ether oxygens (including phenoxy) is 1. The van der Waals surface area contributed by atoms with E-state index in [4.69, 9.17) is 4.74 Å². The highest BCUT2D eigenvalue weighted by Crippen LogP contribution is 2.57. The molecule has 1 N–H and O–H groups in total. The molecule has 1 fully saturated rings. The minimum Gasteiger partial charge on any atom is -0.487 e. The van der Waals surface area contributed by atoms with E-state index in [2.05, 4.69) is 0 Å². The summed E-state index contributed by atoms with van der Waals surface area (Å²) >= 11 is 0. The molecule has 0 bridgehead atoms. The van der Waals surface area contributed by atoms with Crippen molar-refractivity contribution in [1.82, 2.24) is 0 Å². The summed E-state index contributed by atoms with van der Waals surface area (Å²) in [6, 6.07) is 6.41. The fourth-order valence-electron chi connectivity index (χ4n) is 4.35. The zero-order valence-electron chi connectivity index (χ0n) is 15.1. The van der Waals surface area contributed by atoms with Crippen molar-refractivity contribution in [2.24, 2.45) is 0 Å². The molecule has 0 spiro atoms. The normalized spacial score (nSPS) is 26.4. The van der Waals surface area contributed by atoms with Gasteiger partial charge >= 0.3 is 0 Å². The Kier molecular flexibility index (Phi) is 4.51. The summed E-state index contributed by atoms with van der Waals surface area (Å²) in [5, 5.41) is 11.3. The van der Waals surface area contributed by atoms with Crippen molar-refractivity contribution in [1.29, 1.82) is 0 Å². The third-order valence-electron chi connectivity index (χ3n) is 5.76. The van der Waals surface area contributed by atoms with Crippen LogP contribution in [0.15, 0.2) is 41.3 Å². The van der Waals surface area contributed by atoms with Crippen molar-refractivity contribution >= 4 is 15.6 Å².